The molecule has 1 fully saturated rings. The van der Waals surface area contributed by atoms with Crippen LogP contribution in [0.4, 0.5) is 0 Å². The molecule has 0 bridgehead atoms. The normalized spacial score (nSPS) is 17.1. The first-order chi connectivity index (χ1) is 11.2. The van der Waals surface area contributed by atoms with E-state index in [1.165, 1.54) is 12.0 Å². The predicted octanol–water partition coefficient (Wildman–Crippen LogP) is 2.11. The van der Waals surface area contributed by atoms with Gasteiger partial charge in [-0.05, 0) is 45.8 Å². The van der Waals surface area contributed by atoms with E-state index in [1.54, 1.807) is 0 Å². The summed E-state index contributed by atoms with van der Waals surface area (Å²) < 4.78 is 6.78. The molecule has 0 aliphatic carbocycles. The number of nitrogens with zero attached hydrogens (tertiary/aromatic N) is 6. The van der Waals surface area contributed by atoms with E-state index in [4.69, 9.17) is 4.52 Å². The first-order valence-electron chi connectivity index (χ1n) is 8.00. The zero-order valence-corrected chi connectivity index (χ0v) is 13.4. The van der Waals surface area contributed by atoms with Crippen molar-refractivity contribution in [2.24, 2.45) is 0 Å². The van der Waals surface area contributed by atoms with Crippen molar-refractivity contribution in [1.82, 2.24) is 29.6 Å². The predicted molar refractivity (Wildman–Crippen MR) is 84.0 cm³/mol. The molecule has 0 atom stereocenters. The Kier molecular flexibility index (Phi) is 3.57. The highest BCUT2D eigenvalue weighted by molar-refractivity contribution is 5.47. The van der Waals surface area contributed by atoms with Gasteiger partial charge in [-0.1, -0.05) is 5.16 Å². The highest BCUT2D eigenvalue weighted by Crippen LogP contribution is 2.26. The van der Waals surface area contributed by atoms with Crippen LogP contribution in [0.3, 0.4) is 0 Å². The highest BCUT2D eigenvalue weighted by atomic mass is 16.5. The van der Waals surface area contributed by atoms with E-state index in [0.717, 1.165) is 55.3 Å². The molecule has 0 spiro atoms. The number of hydrogen-bond donors (Lipinski definition) is 0. The van der Waals surface area contributed by atoms with Crippen LogP contribution in [0.1, 0.15) is 41.5 Å². The van der Waals surface area contributed by atoms with Crippen molar-refractivity contribution in [3.8, 4) is 0 Å². The van der Waals surface area contributed by atoms with Gasteiger partial charge < -0.3 is 4.52 Å². The lowest BCUT2D eigenvalue weighted by molar-refractivity contribution is 0.200. The third-order valence-electron chi connectivity index (χ3n) is 4.58. The van der Waals surface area contributed by atoms with Crippen LogP contribution in [0.2, 0.25) is 0 Å². The van der Waals surface area contributed by atoms with Gasteiger partial charge in [0.1, 0.15) is 0 Å². The number of hydrogen-bond acceptors (Lipinski definition) is 6. The maximum Gasteiger partial charge on any atom is 0.213 e. The van der Waals surface area contributed by atoms with Crippen LogP contribution >= 0.6 is 0 Å². The Hall–Kier alpha value is -2.28. The molecule has 4 rings (SSSR count). The summed E-state index contributed by atoms with van der Waals surface area (Å²) in [5, 5.41) is 8.45. The topological polar surface area (TPSA) is 72.3 Å². The summed E-state index contributed by atoms with van der Waals surface area (Å²) in [4.78, 5) is 11.3. The summed E-state index contributed by atoms with van der Waals surface area (Å²) in [6.07, 6.45) is 5.48. The van der Waals surface area contributed by atoms with Crippen molar-refractivity contribution < 1.29 is 4.52 Å². The fraction of sp³-hybridized carbons (Fsp3) is 0.500. The van der Waals surface area contributed by atoms with Gasteiger partial charge in [0.05, 0.1) is 6.20 Å². The van der Waals surface area contributed by atoms with Gasteiger partial charge in [-0.2, -0.15) is 10.1 Å². The summed E-state index contributed by atoms with van der Waals surface area (Å²) in [7, 11) is 0. The molecule has 1 aliphatic rings. The van der Waals surface area contributed by atoms with Gasteiger partial charge >= 0.3 is 0 Å². The molecule has 0 N–H and O–H groups in total. The first kappa shape index (κ1) is 14.3. The fourth-order valence-electron chi connectivity index (χ4n) is 3.38. The summed E-state index contributed by atoms with van der Waals surface area (Å²) in [6, 6.07) is 2.06. The van der Waals surface area contributed by atoms with E-state index >= 15 is 0 Å². The summed E-state index contributed by atoms with van der Waals surface area (Å²) in [5.74, 6) is 1.25. The summed E-state index contributed by atoms with van der Waals surface area (Å²) >= 11 is 0. The SMILES string of the molecule is Cc1cc(C)n2ncc(CN3CCC(c4ncon4)CC3)c2n1. The van der Waals surface area contributed by atoms with Gasteiger partial charge in [0.15, 0.2) is 11.5 Å². The first-order valence-corrected chi connectivity index (χ1v) is 8.00. The van der Waals surface area contributed by atoms with Crippen LogP contribution in [0.15, 0.2) is 23.2 Å². The molecule has 0 saturated carbocycles. The van der Waals surface area contributed by atoms with E-state index in [0.29, 0.717) is 5.92 Å². The van der Waals surface area contributed by atoms with Crippen molar-refractivity contribution in [2.75, 3.05) is 13.1 Å². The average molecular weight is 312 g/mol. The number of likely N-dealkylation sites (tertiary alicyclic amines) is 1. The number of fused-ring (bicyclic) bond motifs is 1. The van der Waals surface area contributed by atoms with Gasteiger partial charge in [0.2, 0.25) is 6.39 Å². The number of aromatic nitrogens is 5. The molecule has 0 aromatic carbocycles. The monoisotopic (exact) mass is 312 g/mol. The lowest BCUT2D eigenvalue weighted by Crippen LogP contribution is -2.32. The second-order valence-corrected chi connectivity index (χ2v) is 6.28. The molecule has 1 saturated heterocycles. The molecular formula is C16H20N6O. The van der Waals surface area contributed by atoms with Crippen LogP contribution in [0.5, 0.6) is 0 Å². The van der Waals surface area contributed by atoms with Crippen molar-refractivity contribution >= 4 is 5.65 Å². The molecular weight excluding hydrogens is 292 g/mol. The maximum absolute atomic E-state index is 4.86. The second-order valence-electron chi connectivity index (χ2n) is 6.28. The summed E-state index contributed by atoms with van der Waals surface area (Å²) in [5.41, 5.74) is 4.32. The van der Waals surface area contributed by atoms with Gasteiger partial charge in [-0.15, -0.1) is 0 Å². The Balaban J connectivity index is 1.47. The van der Waals surface area contributed by atoms with Gasteiger partial charge in [0.25, 0.3) is 0 Å². The average Bonchev–Trinajstić information content (AvgIpc) is 3.19. The zero-order chi connectivity index (χ0) is 15.8. The Morgan fingerprint density at radius 3 is 2.83 bits per heavy atom. The molecule has 0 unspecified atom stereocenters. The molecule has 3 aromatic rings. The highest BCUT2D eigenvalue weighted by Gasteiger charge is 2.24. The zero-order valence-electron chi connectivity index (χ0n) is 13.4. The smallest absolute Gasteiger partial charge is 0.213 e. The van der Waals surface area contributed by atoms with E-state index < -0.39 is 0 Å². The van der Waals surface area contributed by atoms with Crippen molar-refractivity contribution in [3.63, 3.8) is 0 Å². The quantitative estimate of drug-likeness (QED) is 0.737. The Morgan fingerprint density at radius 1 is 1.26 bits per heavy atom. The minimum Gasteiger partial charge on any atom is -0.343 e. The molecule has 1 aliphatic heterocycles. The summed E-state index contributed by atoms with van der Waals surface area (Å²) in [6.45, 7) is 7.04. The van der Waals surface area contributed by atoms with Gasteiger partial charge in [-0.25, -0.2) is 9.50 Å². The van der Waals surface area contributed by atoms with E-state index in [-0.39, 0.29) is 0 Å². The van der Waals surface area contributed by atoms with Gasteiger partial charge in [0, 0.05) is 29.4 Å². The second kappa shape index (κ2) is 5.73. The third-order valence-corrected chi connectivity index (χ3v) is 4.58. The number of aryl methyl sites for hydroxylation is 2. The van der Waals surface area contributed by atoms with Gasteiger partial charge in [-0.3, -0.25) is 4.90 Å². The molecule has 120 valence electrons. The lowest BCUT2D eigenvalue weighted by atomic mass is 9.96. The number of piperidine rings is 1. The molecule has 4 heterocycles. The molecule has 0 amide bonds. The Labute approximate surface area is 134 Å². The van der Waals surface area contributed by atoms with Crippen LogP contribution < -0.4 is 0 Å². The van der Waals surface area contributed by atoms with Crippen molar-refractivity contribution in [3.05, 3.63) is 41.4 Å². The Bertz CT molecular complexity index is 801. The van der Waals surface area contributed by atoms with Crippen molar-refractivity contribution in [1.29, 1.82) is 0 Å². The molecule has 3 aromatic heterocycles. The molecule has 23 heavy (non-hydrogen) atoms. The van der Waals surface area contributed by atoms with Crippen LogP contribution in [-0.2, 0) is 6.54 Å². The van der Waals surface area contributed by atoms with Crippen LogP contribution in [0.25, 0.3) is 5.65 Å². The fourth-order valence-corrected chi connectivity index (χ4v) is 3.38. The molecule has 7 heteroatoms. The van der Waals surface area contributed by atoms with E-state index in [2.05, 4.69) is 38.1 Å². The lowest BCUT2D eigenvalue weighted by Gasteiger charge is -2.30. The third kappa shape index (κ3) is 2.72. The molecule has 0 radical (unpaired) electrons. The minimum absolute atomic E-state index is 0.413. The Morgan fingerprint density at radius 2 is 2.09 bits per heavy atom. The standard InChI is InChI=1S/C16H20N6O/c1-11-7-12(2)22-16(19-11)14(8-18-22)9-21-5-3-13(4-6-21)15-17-10-23-20-15/h7-8,10,13H,3-6,9H2,1-2H3. The van der Waals surface area contributed by atoms with Crippen LogP contribution in [0, 0.1) is 13.8 Å². The van der Waals surface area contributed by atoms with Crippen molar-refractivity contribution in [2.45, 2.75) is 39.2 Å². The minimum atomic E-state index is 0.413. The largest absolute Gasteiger partial charge is 0.343 e. The van der Waals surface area contributed by atoms with Crippen LogP contribution in [-0.4, -0.2) is 42.7 Å². The maximum atomic E-state index is 4.86. The number of rotatable bonds is 3. The van der Waals surface area contributed by atoms with E-state index in [1.807, 2.05) is 17.6 Å². The molecule has 7 nitrogen and oxygen atoms in total. The van der Waals surface area contributed by atoms with E-state index in [9.17, 15) is 0 Å².